The standard InChI is InChI=1S/C11H11F3N4O/c1-18(6-8-2-4-15-5-3-8)7-9-16-17-10(19-9)11(12,13)14/h2-5H,6-7H2,1H3. The van der Waals surface area contributed by atoms with Crippen molar-refractivity contribution in [2.45, 2.75) is 19.3 Å². The summed E-state index contributed by atoms with van der Waals surface area (Å²) in [5.41, 5.74) is 0.994. The molecule has 0 spiro atoms. The average molecular weight is 272 g/mol. The molecule has 102 valence electrons. The van der Waals surface area contributed by atoms with Gasteiger partial charge in [-0.15, -0.1) is 10.2 Å². The Balaban J connectivity index is 1.96. The highest BCUT2D eigenvalue weighted by molar-refractivity contribution is 5.09. The molecule has 2 rings (SSSR count). The van der Waals surface area contributed by atoms with Gasteiger partial charge in [-0.1, -0.05) is 0 Å². The molecule has 2 aromatic heterocycles. The van der Waals surface area contributed by atoms with Crippen LogP contribution in [0, 0.1) is 0 Å². The first-order valence-electron chi connectivity index (χ1n) is 5.42. The normalized spacial score (nSPS) is 12.1. The van der Waals surface area contributed by atoms with E-state index < -0.39 is 12.1 Å². The van der Waals surface area contributed by atoms with E-state index in [-0.39, 0.29) is 12.4 Å². The minimum Gasteiger partial charge on any atom is -0.416 e. The van der Waals surface area contributed by atoms with Crippen LogP contribution in [0.15, 0.2) is 28.9 Å². The van der Waals surface area contributed by atoms with E-state index in [9.17, 15) is 13.2 Å². The largest absolute Gasteiger partial charge is 0.470 e. The Hall–Kier alpha value is -1.96. The molecule has 0 aliphatic carbocycles. The maximum atomic E-state index is 12.3. The molecule has 0 aliphatic rings. The molecule has 0 radical (unpaired) electrons. The monoisotopic (exact) mass is 272 g/mol. The van der Waals surface area contributed by atoms with Gasteiger partial charge in [0.2, 0.25) is 5.89 Å². The topological polar surface area (TPSA) is 55.1 Å². The second-order valence-corrected chi connectivity index (χ2v) is 4.03. The van der Waals surface area contributed by atoms with E-state index in [1.54, 1.807) is 24.3 Å². The lowest BCUT2D eigenvalue weighted by Gasteiger charge is -2.13. The van der Waals surface area contributed by atoms with Gasteiger partial charge in [-0.25, -0.2) is 0 Å². The van der Waals surface area contributed by atoms with Crippen LogP contribution in [0.1, 0.15) is 17.3 Å². The zero-order valence-electron chi connectivity index (χ0n) is 10.1. The van der Waals surface area contributed by atoms with Crippen molar-refractivity contribution in [3.8, 4) is 0 Å². The highest BCUT2D eigenvalue weighted by atomic mass is 19.4. The van der Waals surface area contributed by atoms with Crippen LogP contribution < -0.4 is 0 Å². The molecule has 0 amide bonds. The Kier molecular flexibility index (Phi) is 3.79. The Bertz CT molecular complexity index is 526. The van der Waals surface area contributed by atoms with Crippen LogP contribution in [-0.2, 0) is 19.3 Å². The molecule has 0 bridgehead atoms. The van der Waals surface area contributed by atoms with Gasteiger partial charge >= 0.3 is 12.1 Å². The maximum Gasteiger partial charge on any atom is 0.470 e. The van der Waals surface area contributed by atoms with Crippen LogP contribution in [-0.4, -0.2) is 27.1 Å². The second-order valence-electron chi connectivity index (χ2n) is 4.03. The summed E-state index contributed by atoms with van der Waals surface area (Å²) in [7, 11) is 1.75. The van der Waals surface area contributed by atoms with E-state index in [0.29, 0.717) is 6.54 Å². The molecule has 0 fully saturated rings. The summed E-state index contributed by atoms with van der Waals surface area (Å²) in [4.78, 5) is 5.65. The Morgan fingerprint density at radius 1 is 1.16 bits per heavy atom. The molecule has 2 heterocycles. The highest BCUT2D eigenvalue weighted by Gasteiger charge is 2.38. The number of halogens is 3. The van der Waals surface area contributed by atoms with Gasteiger partial charge in [0.05, 0.1) is 6.54 Å². The molecule has 0 atom stereocenters. The number of nitrogens with zero attached hydrogens (tertiary/aromatic N) is 4. The van der Waals surface area contributed by atoms with Gasteiger partial charge in [0.25, 0.3) is 0 Å². The summed E-state index contributed by atoms with van der Waals surface area (Å²) in [5, 5.41) is 6.34. The van der Waals surface area contributed by atoms with Crippen LogP contribution in [0.5, 0.6) is 0 Å². The van der Waals surface area contributed by atoms with Gasteiger partial charge < -0.3 is 4.42 Å². The molecular weight excluding hydrogens is 261 g/mol. The smallest absolute Gasteiger partial charge is 0.416 e. The zero-order valence-corrected chi connectivity index (χ0v) is 10.1. The quantitative estimate of drug-likeness (QED) is 0.853. The molecule has 0 N–H and O–H groups in total. The second kappa shape index (κ2) is 5.35. The van der Waals surface area contributed by atoms with Crippen LogP contribution in [0.3, 0.4) is 0 Å². The Morgan fingerprint density at radius 3 is 2.42 bits per heavy atom. The van der Waals surface area contributed by atoms with Crippen LogP contribution in [0.4, 0.5) is 13.2 Å². The van der Waals surface area contributed by atoms with Crippen LogP contribution in [0.25, 0.3) is 0 Å². The van der Waals surface area contributed by atoms with E-state index in [2.05, 4.69) is 19.6 Å². The predicted octanol–water partition coefficient (Wildman–Crippen LogP) is 2.12. The first-order valence-corrected chi connectivity index (χ1v) is 5.42. The number of hydrogen-bond donors (Lipinski definition) is 0. The minimum absolute atomic E-state index is 0.0659. The van der Waals surface area contributed by atoms with Gasteiger partial charge in [0, 0.05) is 18.9 Å². The third kappa shape index (κ3) is 3.75. The van der Waals surface area contributed by atoms with Crippen molar-refractivity contribution in [2.24, 2.45) is 0 Å². The number of rotatable bonds is 4. The average Bonchev–Trinajstić information content (AvgIpc) is 2.78. The van der Waals surface area contributed by atoms with Gasteiger partial charge in [-0.05, 0) is 24.7 Å². The Morgan fingerprint density at radius 2 is 1.84 bits per heavy atom. The molecule has 2 aromatic rings. The fourth-order valence-electron chi connectivity index (χ4n) is 1.52. The molecule has 0 aliphatic heterocycles. The highest BCUT2D eigenvalue weighted by Crippen LogP contribution is 2.27. The summed E-state index contributed by atoms with van der Waals surface area (Å²) in [6.07, 6.45) is -1.30. The fraction of sp³-hybridized carbons (Fsp3) is 0.364. The number of pyridine rings is 1. The van der Waals surface area contributed by atoms with E-state index in [1.165, 1.54) is 0 Å². The minimum atomic E-state index is -4.60. The number of alkyl halides is 3. The molecule has 5 nitrogen and oxygen atoms in total. The molecule has 0 saturated heterocycles. The van der Waals surface area contributed by atoms with Gasteiger partial charge in [0.1, 0.15) is 0 Å². The van der Waals surface area contributed by atoms with Crippen LogP contribution >= 0.6 is 0 Å². The lowest BCUT2D eigenvalue weighted by Crippen LogP contribution is -2.17. The van der Waals surface area contributed by atoms with E-state index in [4.69, 9.17) is 0 Å². The van der Waals surface area contributed by atoms with Crippen molar-refractivity contribution in [3.63, 3.8) is 0 Å². The Labute approximate surface area is 107 Å². The van der Waals surface area contributed by atoms with Crippen LogP contribution in [0.2, 0.25) is 0 Å². The van der Waals surface area contributed by atoms with E-state index >= 15 is 0 Å². The van der Waals surface area contributed by atoms with Gasteiger partial charge in [0.15, 0.2) is 0 Å². The molecule has 8 heteroatoms. The third-order valence-corrected chi connectivity index (χ3v) is 2.32. The summed E-state index contributed by atoms with van der Waals surface area (Å²) < 4.78 is 41.4. The molecule has 0 unspecified atom stereocenters. The number of aromatic nitrogens is 3. The van der Waals surface area contributed by atoms with Crippen molar-refractivity contribution in [3.05, 3.63) is 41.9 Å². The molecule has 19 heavy (non-hydrogen) atoms. The third-order valence-electron chi connectivity index (χ3n) is 2.32. The van der Waals surface area contributed by atoms with E-state index in [1.807, 2.05) is 12.1 Å². The first kappa shape index (κ1) is 13.5. The zero-order chi connectivity index (χ0) is 13.9. The molecule has 0 saturated carbocycles. The lowest BCUT2D eigenvalue weighted by molar-refractivity contribution is -0.157. The summed E-state index contributed by atoms with van der Waals surface area (Å²) in [6.45, 7) is 0.692. The summed E-state index contributed by atoms with van der Waals surface area (Å²) in [5.74, 6) is -1.39. The molecule has 0 aromatic carbocycles. The predicted molar refractivity (Wildman–Crippen MR) is 58.7 cm³/mol. The first-order chi connectivity index (χ1) is 8.95. The van der Waals surface area contributed by atoms with Crippen molar-refractivity contribution < 1.29 is 17.6 Å². The number of hydrogen-bond acceptors (Lipinski definition) is 5. The fourth-order valence-corrected chi connectivity index (χ4v) is 1.52. The van der Waals surface area contributed by atoms with Crippen molar-refractivity contribution >= 4 is 0 Å². The SMILES string of the molecule is CN(Cc1ccncc1)Cc1nnc(C(F)(F)F)o1. The van der Waals surface area contributed by atoms with Gasteiger partial charge in [-0.3, -0.25) is 9.88 Å². The summed E-state index contributed by atoms with van der Waals surface area (Å²) >= 11 is 0. The van der Waals surface area contributed by atoms with Crippen molar-refractivity contribution in [1.82, 2.24) is 20.1 Å². The molecular formula is C11H11F3N4O. The van der Waals surface area contributed by atoms with E-state index in [0.717, 1.165) is 5.56 Å². The van der Waals surface area contributed by atoms with Crippen molar-refractivity contribution in [2.75, 3.05) is 7.05 Å². The maximum absolute atomic E-state index is 12.3. The summed E-state index contributed by atoms with van der Waals surface area (Å²) in [6, 6.07) is 3.65. The van der Waals surface area contributed by atoms with Gasteiger partial charge in [-0.2, -0.15) is 13.2 Å². The van der Waals surface area contributed by atoms with Crippen molar-refractivity contribution in [1.29, 1.82) is 0 Å². The lowest BCUT2D eigenvalue weighted by atomic mass is 10.2.